The first-order chi connectivity index (χ1) is 28.4. The lowest BCUT2D eigenvalue weighted by atomic mass is 10.3. The molecule has 2 N–H and O–H groups in total. The van der Waals surface area contributed by atoms with Gasteiger partial charge in [-0.25, -0.2) is 32.8 Å². The molecule has 0 aromatic heterocycles. The summed E-state index contributed by atoms with van der Waals surface area (Å²) in [6.07, 6.45) is -1.89. The lowest BCUT2D eigenvalue weighted by Gasteiger charge is -2.44. The Bertz CT molecular complexity index is 1460. The lowest BCUT2D eigenvalue weighted by Crippen LogP contribution is -2.50. The highest BCUT2D eigenvalue weighted by Gasteiger charge is 2.46. The Morgan fingerprint density at radius 3 is 1.57 bits per heavy atom. The van der Waals surface area contributed by atoms with Crippen LogP contribution in [0.4, 0.5) is 4.79 Å². The number of hydrogen-bond donors (Lipinski definition) is 2. The van der Waals surface area contributed by atoms with Crippen LogP contribution in [0.5, 0.6) is 0 Å². The molecule has 22 nitrogen and oxygen atoms in total. The maximum absolute atomic E-state index is 14.8. The highest BCUT2D eigenvalue weighted by molar-refractivity contribution is 7.54. The highest BCUT2D eigenvalue weighted by Crippen LogP contribution is 2.57. The molecule has 4 heterocycles. The van der Waals surface area contributed by atoms with Crippen molar-refractivity contribution in [1.29, 1.82) is 0 Å². The summed E-state index contributed by atoms with van der Waals surface area (Å²) in [6.45, 7) is 6.64. The molecule has 0 radical (unpaired) electrons. The number of aliphatic hydroxyl groups excluding tert-OH is 1. The van der Waals surface area contributed by atoms with Crippen LogP contribution in [0.25, 0.3) is 0 Å². The number of rotatable bonds is 23. The monoisotopic (exact) mass is 958 g/mol. The summed E-state index contributed by atoms with van der Waals surface area (Å²) >= 11 is 0. The fourth-order valence-electron chi connectivity index (χ4n) is 6.96. The summed E-state index contributed by atoms with van der Waals surface area (Å²) in [5.74, 6) is -0.823. The molecule has 4 fully saturated rings. The molecule has 0 aromatic rings. The van der Waals surface area contributed by atoms with E-state index in [1.165, 1.54) is 0 Å². The van der Waals surface area contributed by atoms with Crippen molar-refractivity contribution in [2.24, 2.45) is 0 Å². The maximum Gasteiger partial charge on any atom is 0.409 e. The molecular formula is C33H71N8O14P5. The van der Waals surface area contributed by atoms with Crippen LogP contribution in [0.2, 0.25) is 0 Å². The topological polar surface area (TPSA) is 206 Å². The van der Waals surface area contributed by atoms with Crippen LogP contribution in [0.1, 0.15) is 6.92 Å². The fourth-order valence-corrected chi connectivity index (χ4v) is 14.2. The van der Waals surface area contributed by atoms with E-state index in [9.17, 15) is 18.5 Å². The van der Waals surface area contributed by atoms with Crippen molar-refractivity contribution in [2.75, 3.05) is 167 Å². The van der Waals surface area contributed by atoms with E-state index in [1.54, 1.807) is 75.2 Å². The van der Waals surface area contributed by atoms with E-state index in [0.29, 0.717) is 26.3 Å². The summed E-state index contributed by atoms with van der Waals surface area (Å²) < 4.78 is 106. The number of ether oxygens (including phenoxy) is 6. The molecule has 60 heavy (non-hydrogen) atoms. The molecule has 27 heteroatoms. The molecule has 0 aromatic carbocycles. The second kappa shape index (κ2) is 25.2. The summed E-state index contributed by atoms with van der Waals surface area (Å²) in [4.78, 5) is 14.2. The largest absolute Gasteiger partial charge is 0.447 e. The summed E-state index contributed by atoms with van der Waals surface area (Å²) in [5, 5.41) is 12.1. The molecule has 4 aliphatic heterocycles. The van der Waals surface area contributed by atoms with Crippen molar-refractivity contribution >= 4 is 47.6 Å². The number of nitrogens with one attached hydrogen (secondary N) is 1. The van der Waals surface area contributed by atoms with E-state index in [2.05, 4.69) is 23.8 Å². The quantitative estimate of drug-likeness (QED) is 0.108. The number of amides is 1. The summed E-state index contributed by atoms with van der Waals surface area (Å²) in [5.41, 5.74) is 0. The Balaban J connectivity index is 1.30. The molecule has 4 rings (SSSR count). The standard InChI is InChI=1S/C33H71N8O14P5/c1-27-18-34-19-28(53-27)24-50-59(45,36(4)5)40-21-30(55-31(56)22-40)26-52-60(46,37(6)7)41-20-29(54-32(57)23-41)25-51-58(44,35(2)3)39-10-8-38(9-11-39)33(43)49-17-16-48-15-14-47-13-12-42/h27-32,34,42H,8-26,56-57H2,1-7H3. The summed E-state index contributed by atoms with van der Waals surface area (Å²) in [7, 11) is 4.70. The van der Waals surface area contributed by atoms with Crippen LogP contribution in [0.15, 0.2) is 0 Å². The van der Waals surface area contributed by atoms with Crippen molar-refractivity contribution in [3.63, 3.8) is 0 Å². The third-order valence-electron chi connectivity index (χ3n) is 10.0. The average molecular weight is 959 g/mol. The Kier molecular flexibility index (Phi) is 22.2. The molecule has 0 saturated carbocycles. The minimum atomic E-state index is -3.67. The second-order valence-corrected chi connectivity index (χ2v) is 24.8. The van der Waals surface area contributed by atoms with Crippen molar-refractivity contribution in [3.8, 4) is 0 Å². The third kappa shape index (κ3) is 15.1. The fraction of sp³-hybridized carbons (Fsp3) is 0.970. The van der Waals surface area contributed by atoms with E-state index in [1.807, 2.05) is 6.92 Å². The van der Waals surface area contributed by atoms with Gasteiger partial charge in [0.2, 0.25) is 0 Å². The number of morpholine rings is 3. The van der Waals surface area contributed by atoms with Crippen LogP contribution in [-0.4, -0.2) is 247 Å². The lowest BCUT2D eigenvalue weighted by molar-refractivity contribution is -0.0648. The first kappa shape index (κ1) is 52.8. The van der Waals surface area contributed by atoms with Gasteiger partial charge in [-0.2, -0.15) is 0 Å². The van der Waals surface area contributed by atoms with Crippen molar-refractivity contribution < 1.29 is 65.6 Å². The van der Waals surface area contributed by atoms with Gasteiger partial charge in [-0.05, 0) is 49.2 Å². The first-order valence-electron chi connectivity index (χ1n) is 20.3. The minimum Gasteiger partial charge on any atom is -0.447 e. The van der Waals surface area contributed by atoms with Crippen LogP contribution in [-0.2, 0) is 55.7 Å². The number of nitrogens with zero attached hydrogens (tertiary/aromatic N) is 7. The number of piperazine rings is 1. The number of carbonyl (C=O) groups excluding carboxylic acids is 1. The molecule has 0 aliphatic carbocycles. The predicted octanol–water partition coefficient (Wildman–Crippen LogP) is 1.01. The molecule has 352 valence electrons. The first-order valence-corrected chi connectivity index (χ1v) is 26.2. The van der Waals surface area contributed by atoms with Gasteiger partial charge >= 0.3 is 29.1 Å². The highest BCUT2D eigenvalue weighted by atomic mass is 31.2. The van der Waals surface area contributed by atoms with Gasteiger partial charge in [-0.3, -0.25) is 13.7 Å². The van der Waals surface area contributed by atoms with Crippen molar-refractivity contribution in [3.05, 3.63) is 0 Å². The molecule has 1 amide bonds. The van der Waals surface area contributed by atoms with Gasteiger partial charge in [0.25, 0.3) is 0 Å². The molecule has 0 spiro atoms. The SMILES string of the molecule is CC1CNCC(COP(=O)(N(C)C)N2CC(P)OC(COP(=O)(N(C)C)N3CC(P)OC(COP(=O)(N(C)C)N4CCN(C(=O)OCCOCCOCCO)CC4)C3)C2)O1. The zero-order valence-corrected chi connectivity index (χ0v) is 41.3. The molecule has 11 unspecified atom stereocenters. The Morgan fingerprint density at radius 2 is 1.10 bits per heavy atom. The number of hydrogen-bond acceptors (Lipinski definition) is 15. The number of carbonyl (C=O) groups is 1. The summed E-state index contributed by atoms with van der Waals surface area (Å²) in [6, 6.07) is 0. The normalized spacial score (nSPS) is 29.7. The van der Waals surface area contributed by atoms with E-state index < -0.39 is 47.2 Å². The third-order valence-corrected chi connectivity index (χ3v) is 18.4. The van der Waals surface area contributed by atoms with Gasteiger partial charge in [-0.15, -0.1) is 18.5 Å². The predicted molar refractivity (Wildman–Crippen MR) is 232 cm³/mol. The van der Waals surface area contributed by atoms with Crippen molar-refractivity contribution in [2.45, 2.75) is 43.0 Å². The van der Waals surface area contributed by atoms with E-state index in [-0.39, 0.29) is 110 Å². The second-order valence-electron chi connectivity index (χ2n) is 15.5. The smallest absolute Gasteiger partial charge is 0.409 e. The molecule has 11 atom stereocenters. The molecule has 0 bridgehead atoms. The van der Waals surface area contributed by atoms with Gasteiger partial charge in [0, 0.05) is 65.4 Å². The Labute approximate surface area is 360 Å². The maximum atomic E-state index is 14.8. The van der Waals surface area contributed by atoms with Crippen LogP contribution < -0.4 is 5.32 Å². The molecule has 4 aliphatic rings. The van der Waals surface area contributed by atoms with E-state index >= 15 is 0 Å². The number of aliphatic hydroxyl groups is 1. The Morgan fingerprint density at radius 1 is 0.650 bits per heavy atom. The van der Waals surface area contributed by atoms with Gasteiger partial charge in [-0.1, -0.05) is 0 Å². The average Bonchev–Trinajstić information content (AvgIpc) is 3.21. The van der Waals surface area contributed by atoms with Gasteiger partial charge in [0.15, 0.2) is 0 Å². The van der Waals surface area contributed by atoms with E-state index in [0.717, 1.165) is 6.54 Å². The van der Waals surface area contributed by atoms with Gasteiger partial charge in [0.05, 0.1) is 89.0 Å². The van der Waals surface area contributed by atoms with Gasteiger partial charge < -0.3 is 57.3 Å². The van der Waals surface area contributed by atoms with Gasteiger partial charge in [0.1, 0.15) is 6.61 Å². The van der Waals surface area contributed by atoms with Crippen LogP contribution in [0, 0.1) is 0 Å². The minimum absolute atomic E-state index is 0.0247. The van der Waals surface area contributed by atoms with E-state index in [4.69, 9.17) is 47.1 Å². The molecule has 4 saturated heterocycles. The Hall–Kier alpha value is 0.180. The van der Waals surface area contributed by atoms with Crippen molar-refractivity contribution in [1.82, 2.24) is 38.2 Å². The van der Waals surface area contributed by atoms with Crippen LogP contribution >= 0.6 is 41.5 Å². The zero-order valence-electron chi connectivity index (χ0n) is 36.3. The van der Waals surface area contributed by atoms with Crippen LogP contribution in [0.3, 0.4) is 0 Å². The molecular weight excluding hydrogens is 887 g/mol. The zero-order chi connectivity index (χ0) is 44.1.